The lowest BCUT2D eigenvalue weighted by molar-refractivity contribution is 0.0954. The molecule has 0 fully saturated rings. The van der Waals surface area contributed by atoms with Crippen molar-refractivity contribution in [1.82, 2.24) is 10.3 Å². The Kier molecular flexibility index (Phi) is 4.52. The number of nitrogen functional groups attached to an aromatic ring is 1. The number of hydrogen-bond donors (Lipinski definition) is 2. The van der Waals surface area contributed by atoms with Gasteiger partial charge in [0.05, 0.1) is 10.7 Å². The highest BCUT2D eigenvalue weighted by Crippen LogP contribution is 2.10. The molecule has 0 atom stereocenters. The van der Waals surface area contributed by atoms with Crippen LogP contribution >= 0.6 is 11.3 Å². The number of anilines is 1. The first kappa shape index (κ1) is 13.5. The van der Waals surface area contributed by atoms with Gasteiger partial charge in [-0.1, -0.05) is 13.0 Å². The minimum absolute atomic E-state index is 0.0988. The van der Waals surface area contributed by atoms with Crippen molar-refractivity contribution in [2.45, 2.75) is 19.8 Å². The Hall–Kier alpha value is -1.88. The zero-order valence-corrected chi connectivity index (χ0v) is 11.7. The molecule has 0 radical (unpaired) electrons. The summed E-state index contributed by atoms with van der Waals surface area (Å²) in [4.78, 5) is 16.3. The lowest BCUT2D eigenvalue weighted by Crippen LogP contribution is -2.25. The zero-order valence-electron chi connectivity index (χ0n) is 10.8. The first-order valence-corrected chi connectivity index (χ1v) is 7.14. The predicted octanol–water partition coefficient (Wildman–Crippen LogP) is 2.26. The van der Waals surface area contributed by atoms with Gasteiger partial charge in [0.2, 0.25) is 0 Å². The lowest BCUT2D eigenvalue weighted by Gasteiger charge is -2.04. The number of rotatable bonds is 5. The summed E-state index contributed by atoms with van der Waals surface area (Å²) in [5.74, 6) is -0.0988. The Morgan fingerprint density at radius 3 is 3.00 bits per heavy atom. The van der Waals surface area contributed by atoms with E-state index in [-0.39, 0.29) is 5.91 Å². The zero-order chi connectivity index (χ0) is 13.7. The normalized spacial score (nSPS) is 10.4. The van der Waals surface area contributed by atoms with E-state index in [4.69, 9.17) is 5.73 Å². The number of nitrogens with zero attached hydrogens (tertiary/aromatic N) is 1. The molecule has 0 bridgehead atoms. The van der Waals surface area contributed by atoms with Gasteiger partial charge in [-0.15, -0.1) is 11.3 Å². The largest absolute Gasteiger partial charge is 0.399 e. The first-order valence-electron chi connectivity index (χ1n) is 6.26. The first-order chi connectivity index (χ1) is 9.19. The molecule has 0 spiro atoms. The van der Waals surface area contributed by atoms with Crippen molar-refractivity contribution in [3.05, 3.63) is 45.9 Å². The van der Waals surface area contributed by atoms with Crippen LogP contribution in [0.25, 0.3) is 0 Å². The van der Waals surface area contributed by atoms with Gasteiger partial charge in [0.15, 0.2) is 0 Å². The predicted molar refractivity (Wildman–Crippen MR) is 78.4 cm³/mol. The molecule has 5 heteroatoms. The van der Waals surface area contributed by atoms with E-state index >= 15 is 0 Å². The summed E-state index contributed by atoms with van der Waals surface area (Å²) in [7, 11) is 0. The average molecular weight is 275 g/mol. The highest BCUT2D eigenvalue weighted by Gasteiger charge is 2.06. The Labute approximate surface area is 116 Å². The molecule has 0 aliphatic carbocycles. The van der Waals surface area contributed by atoms with Gasteiger partial charge in [0.25, 0.3) is 5.91 Å². The van der Waals surface area contributed by atoms with Gasteiger partial charge in [0, 0.05) is 29.6 Å². The Bertz CT molecular complexity index is 565. The van der Waals surface area contributed by atoms with Crippen molar-refractivity contribution in [1.29, 1.82) is 0 Å². The number of hydrogen-bond acceptors (Lipinski definition) is 4. The van der Waals surface area contributed by atoms with Crippen LogP contribution in [0.3, 0.4) is 0 Å². The summed E-state index contributed by atoms with van der Waals surface area (Å²) >= 11 is 1.67. The molecule has 0 aliphatic heterocycles. The van der Waals surface area contributed by atoms with Crippen LogP contribution in [0.1, 0.15) is 28.0 Å². The third-order valence-electron chi connectivity index (χ3n) is 2.72. The van der Waals surface area contributed by atoms with E-state index in [2.05, 4.69) is 17.2 Å². The molecule has 0 saturated heterocycles. The summed E-state index contributed by atoms with van der Waals surface area (Å²) in [5, 5.41) is 6.06. The number of aromatic nitrogens is 1. The minimum atomic E-state index is -0.0988. The quantitative estimate of drug-likeness (QED) is 0.822. The van der Waals surface area contributed by atoms with E-state index in [1.165, 1.54) is 0 Å². The van der Waals surface area contributed by atoms with Crippen molar-refractivity contribution in [2.75, 3.05) is 12.3 Å². The van der Waals surface area contributed by atoms with Crippen LogP contribution < -0.4 is 11.1 Å². The Morgan fingerprint density at radius 2 is 2.32 bits per heavy atom. The van der Waals surface area contributed by atoms with E-state index in [9.17, 15) is 4.79 Å². The van der Waals surface area contributed by atoms with Crippen LogP contribution in [0.5, 0.6) is 0 Å². The number of nitrogens with one attached hydrogen (secondary N) is 1. The number of thiazole rings is 1. The maximum absolute atomic E-state index is 11.9. The Morgan fingerprint density at radius 1 is 1.47 bits per heavy atom. The number of amides is 1. The fourth-order valence-corrected chi connectivity index (χ4v) is 2.49. The third kappa shape index (κ3) is 3.79. The molecule has 0 saturated carbocycles. The molecular weight excluding hydrogens is 258 g/mol. The maximum atomic E-state index is 11.9. The fourth-order valence-electron chi connectivity index (χ4n) is 1.71. The number of benzene rings is 1. The summed E-state index contributed by atoms with van der Waals surface area (Å²) < 4.78 is 0. The molecule has 2 aromatic rings. The van der Waals surface area contributed by atoms with Gasteiger partial charge >= 0.3 is 0 Å². The van der Waals surface area contributed by atoms with Gasteiger partial charge in [-0.2, -0.15) is 0 Å². The van der Waals surface area contributed by atoms with Crippen LogP contribution in [-0.4, -0.2) is 17.4 Å². The summed E-state index contributed by atoms with van der Waals surface area (Å²) in [6.07, 6.45) is 1.71. The maximum Gasteiger partial charge on any atom is 0.251 e. The Balaban J connectivity index is 1.84. The molecule has 0 unspecified atom stereocenters. The molecular formula is C14H17N3OS. The molecule has 2 rings (SSSR count). The second kappa shape index (κ2) is 6.33. The highest BCUT2D eigenvalue weighted by molar-refractivity contribution is 7.09. The second-order valence-corrected chi connectivity index (χ2v) is 5.16. The van der Waals surface area contributed by atoms with Gasteiger partial charge < -0.3 is 11.1 Å². The van der Waals surface area contributed by atoms with Crippen molar-refractivity contribution < 1.29 is 4.79 Å². The van der Waals surface area contributed by atoms with E-state index in [0.717, 1.165) is 23.5 Å². The summed E-state index contributed by atoms with van der Waals surface area (Å²) in [6.45, 7) is 2.67. The molecule has 0 aliphatic rings. The molecule has 4 nitrogen and oxygen atoms in total. The van der Waals surface area contributed by atoms with E-state index in [1.807, 2.05) is 5.38 Å². The van der Waals surface area contributed by atoms with Crippen LogP contribution in [-0.2, 0) is 12.8 Å². The standard InChI is InChI=1S/C14H17N3OS/c1-2-13-17-12(9-19-13)6-7-16-14(18)10-4-3-5-11(15)8-10/h3-5,8-9H,2,6-7,15H2,1H3,(H,16,18). The van der Waals surface area contributed by atoms with E-state index < -0.39 is 0 Å². The number of nitrogens with two attached hydrogens (primary N) is 1. The van der Waals surface area contributed by atoms with Gasteiger partial charge in [-0.3, -0.25) is 4.79 Å². The topological polar surface area (TPSA) is 68.0 Å². The van der Waals surface area contributed by atoms with Gasteiger partial charge in [0.1, 0.15) is 0 Å². The molecule has 1 aromatic heterocycles. The van der Waals surface area contributed by atoms with Crippen LogP contribution in [0, 0.1) is 0 Å². The summed E-state index contributed by atoms with van der Waals surface area (Å²) in [5.41, 5.74) is 7.87. The van der Waals surface area contributed by atoms with Gasteiger partial charge in [-0.05, 0) is 24.6 Å². The molecule has 100 valence electrons. The highest BCUT2D eigenvalue weighted by atomic mass is 32.1. The van der Waals surface area contributed by atoms with Crippen molar-refractivity contribution in [3.63, 3.8) is 0 Å². The van der Waals surface area contributed by atoms with Crippen LogP contribution in [0.15, 0.2) is 29.6 Å². The van der Waals surface area contributed by atoms with E-state index in [0.29, 0.717) is 17.8 Å². The third-order valence-corrected chi connectivity index (χ3v) is 3.76. The minimum Gasteiger partial charge on any atom is -0.399 e. The molecule has 3 N–H and O–H groups in total. The molecule has 1 amide bonds. The van der Waals surface area contributed by atoms with Crippen LogP contribution in [0.2, 0.25) is 0 Å². The molecule has 1 aromatic carbocycles. The second-order valence-electron chi connectivity index (χ2n) is 4.22. The van der Waals surface area contributed by atoms with E-state index in [1.54, 1.807) is 35.6 Å². The summed E-state index contributed by atoms with van der Waals surface area (Å²) in [6, 6.07) is 6.97. The van der Waals surface area contributed by atoms with Crippen molar-refractivity contribution in [3.8, 4) is 0 Å². The SMILES string of the molecule is CCc1nc(CCNC(=O)c2cccc(N)c2)cs1. The number of carbonyl (C=O) groups is 1. The van der Waals surface area contributed by atoms with Crippen molar-refractivity contribution in [2.24, 2.45) is 0 Å². The molecule has 1 heterocycles. The van der Waals surface area contributed by atoms with Crippen LogP contribution in [0.4, 0.5) is 5.69 Å². The fraction of sp³-hybridized carbons (Fsp3) is 0.286. The number of carbonyl (C=O) groups excluding carboxylic acids is 1. The lowest BCUT2D eigenvalue weighted by atomic mass is 10.2. The average Bonchev–Trinajstić information content (AvgIpc) is 2.86. The van der Waals surface area contributed by atoms with Crippen molar-refractivity contribution >= 4 is 22.9 Å². The molecule has 19 heavy (non-hydrogen) atoms. The number of aryl methyl sites for hydroxylation is 1. The van der Waals surface area contributed by atoms with Gasteiger partial charge in [-0.25, -0.2) is 4.98 Å². The monoisotopic (exact) mass is 275 g/mol. The smallest absolute Gasteiger partial charge is 0.251 e.